The smallest absolute Gasteiger partial charge is 0.416 e. The summed E-state index contributed by atoms with van der Waals surface area (Å²) in [5.74, 6) is -11.5. The molecular weight excluding hydrogens is 1440 g/mol. The van der Waals surface area contributed by atoms with Crippen LogP contribution in [0.4, 0.5) is 57.1 Å². The predicted octanol–water partition coefficient (Wildman–Crippen LogP) is 16.1. The molecule has 4 saturated carbocycles. The number of methoxy groups -OCH3 is 1. The topological polar surface area (TPSA) is 264 Å². The molecule has 0 spiro atoms. The van der Waals surface area contributed by atoms with Gasteiger partial charge in [-0.15, -0.1) is 0 Å². The molecule has 0 aliphatic heterocycles. The van der Waals surface area contributed by atoms with Gasteiger partial charge in [-0.3, -0.25) is 18.2 Å². The van der Waals surface area contributed by atoms with Crippen molar-refractivity contribution in [3.8, 4) is 23.0 Å². The van der Waals surface area contributed by atoms with Crippen LogP contribution in [0, 0.1) is 65.4 Å². The van der Waals surface area contributed by atoms with Gasteiger partial charge in [-0.1, -0.05) is 47.5 Å². The number of fused-ring (bicyclic) bond motifs is 2. The van der Waals surface area contributed by atoms with E-state index < -0.39 is 195 Å². The first-order valence-electron chi connectivity index (χ1n) is 28.6. The van der Waals surface area contributed by atoms with Crippen molar-refractivity contribution < 1.29 is 133 Å². The van der Waals surface area contributed by atoms with Crippen molar-refractivity contribution in [1.29, 1.82) is 0 Å². The molecule has 4 aliphatic carbocycles. The Morgan fingerprint density at radius 3 is 1.35 bits per heavy atom. The standard InChI is InChI=1S/C26H26F6O5S.C21H13ClF6O5S.C16H13FO7S2/c1-13(37-25-9-14-5-15(10-25)7-16(6-14)11-25)20-21(27)19(22(28)24(23(20)29)38(33,34)35)12-36-18-4-2-3-17(8-18)26(30,31)32;22-12-4-2-6-14(8-12)33-10-16-17(23)15(18(24)20(19(16)25)34(29,30)31)9-32-13-5-1-3-11(7-13)21(26,27)28;1-8-3-4-10-11(5-8)15(17)14-12(16(10)26(21,22)23)6-9(25(18,19)20)7-13(14)24-2/h2-4,8,13-16H,5-7,9-12H2,1H3,(H,33,34,35);1-8H,9-10H2,(H,29,30,31);3-7H,1-2H3,(H,18,19,20)(H,21,22,23). The molecular formula is C63H52ClF13O17S4. The highest BCUT2D eigenvalue weighted by molar-refractivity contribution is 7.87. The summed E-state index contributed by atoms with van der Waals surface area (Å²) in [7, 11) is -19.5. The van der Waals surface area contributed by atoms with E-state index in [0.717, 1.165) is 74.9 Å². The van der Waals surface area contributed by atoms with Gasteiger partial charge in [-0.25, -0.2) is 30.7 Å². The van der Waals surface area contributed by atoms with Crippen LogP contribution in [0.5, 0.6) is 23.0 Å². The first-order valence-corrected chi connectivity index (χ1v) is 34.7. The Balaban J connectivity index is 0.000000175. The minimum Gasteiger partial charge on any atom is -0.496 e. The third kappa shape index (κ3) is 16.2. The number of rotatable bonds is 17. The second kappa shape index (κ2) is 27.9. The number of benzene rings is 8. The van der Waals surface area contributed by atoms with Crippen LogP contribution in [0.3, 0.4) is 0 Å². The summed E-state index contributed by atoms with van der Waals surface area (Å²) in [6, 6.07) is 18.3. The molecule has 0 saturated heterocycles. The minimum absolute atomic E-state index is 0.0331. The minimum atomic E-state index is -5.52. The molecule has 35 heteroatoms. The maximum absolute atomic E-state index is 15.6. The number of hydrogen-bond donors (Lipinski definition) is 4. The van der Waals surface area contributed by atoms with Crippen molar-refractivity contribution in [2.45, 2.75) is 116 Å². The Kier molecular flexibility index (Phi) is 21.2. The molecule has 8 aromatic rings. The zero-order chi connectivity index (χ0) is 72.3. The number of halogens is 14. The largest absolute Gasteiger partial charge is 0.496 e. The zero-order valence-corrected chi connectivity index (χ0v) is 54.5. The summed E-state index contributed by atoms with van der Waals surface area (Å²) in [6.07, 6.45) is -5.48. The molecule has 0 heterocycles. The summed E-state index contributed by atoms with van der Waals surface area (Å²) in [4.78, 5) is -5.00. The molecule has 98 heavy (non-hydrogen) atoms. The van der Waals surface area contributed by atoms with Crippen LogP contribution in [0.15, 0.2) is 123 Å². The monoisotopic (exact) mass is 1490 g/mol. The van der Waals surface area contributed by atoms with Crippen LogP contribution >= 0.6 is 11.6 Å². The Hall–Kier alpha value is -7.54. The summed E-state index contributed by atoms with van der Waals surface area (Å²) < 4.78 is 342. The predicted molar refractivity (Wildman–Crippen MR) is 322 cm³/mol. The van der Waals surface area contributed by atoms with Crippen molar-refractivity contribution in [2.24, 2.45) is 17.8 Å². The van der Waals surface area contributed by atoms with Gasteiger partial charge < -0.3 is 23.7 Å². The van der Waals surface area contributed by atoms with E-state index in [1.54, 1.807) is 6.92 Å². The molecule has 17 nitrogen and oxygen atoms in total. The van der Waals surface area contributed by atoms with Crippen molar-refractivity contribution >= 4 is 73.6 Å². The van der Waals surface area contributed by atoms with Gasteiger partial charge in [-0.2, -0.15) is 60.0 Å². The molecule has 4 bridgehead atoms. The van der Waals surface area contributed by atoms with E-state index in [0.29, 0.717) is 54.7 Å². The second-order valence-corrected chi connectivity index (χ2v) is 29.2. The lowest BCUT2D eigenvalue weighted by Gasteiger charge is -2.57. The lowest BCUT2D eigenvalue weighted by Crippen LogP contribution is -2.52. The summed E-state index contributed by atoms with van der Waals surface area (Å²) in [6.45, 7) is -0.153. The van der Waals surface area contributed by atoms with Gasteiger partial charge in [0.05, 0.1) is 62.5 Å². The fourth-order valence-electron chi connectivity index (χ4n) is 12.7. The Labute approximate surface area is 555 Å². The van der Waals surface area contributed by atoms with Crippen LogP contribution in [0.2, 0.25) is 5.02 Å². The second-order valence-electron chi connectivity index (χ2n) is 23.3. The molecule has 528 valence electrons. The first-order chi connectivity index (χ1) is 45.4. The molecule has 4 fully saturated rings. The number of ether oxygens (including phenoxy) is 5. The van der Waals surface area contributed by atoms with Crippen LogP contribution < -0.4 is 18.9 Å². The van der Waals surface area contributed by atoms with Crippen LogP contribution in [0.1, 0.15) is 90.5 Å². The molecule has 8 aromatic carbocycles. The molecule has 1 atom stereocenters. The number of aryl methyl sites for hydroxylation is 1. The lowest BCUT2D eigenvalue weighted by atomic mass is 9.54. The highest BCUT2D eigenvalue weighted by atomic mass is 35.5. The van der Waals surface area contributed by atoms with Crippen LogP contribution in [-0.4, -0.2) is 64.6 Å². The fourth-order valence-corrected chi connectivity index (χ4v) is 15.7. The van der Waals surface area contributed by atoms with E-state index in [1.165, 1.54) is 49.4 Å². The molecule has 0 amide bonds. The summed E-state index contributed by atoms with van der Waals surface area (Å²) in [5.41, 5.74) is -6.37. The summed E-state index contributed by atoms with van der Waals surface area (Å²) >= 11 is 5.78. The third-order valence-electron chi connectivity index (χ3n) is 16.4. The van der Waals surface area contributed by atoms with E-state index >= 15 is 17.6 Å². The van der Waals surface area contributed by atoms with Gasteiger partial charge in [0, 0.05) is 27.2 Å². The molecule has 0 radical (unpaired) electrons. The van der Waals surface area contributed by atoms with Crippen LogP contribution in [0.25, 0.3) is 21.5 Å². The molecule has 1 unspecified atom stereocenters. The number of hydrogen-bond acceptors (Lipinski definition) is 13. The highest BCUT2D eigenvalue weighted by Gasteiger charge is 2.53. The highest BCUT2D eigenvalue weighted by Crippen LogP contribution is 2.58. The van der Waals surface area contributed by atoms with Crippen molar-refractivity contribution in [3.05, 3.63) is 188 Å². The van der Waals surface area contributed by atoms with Gasteiger partial charge in [0.15, 0.2) is 33.1 Å². The van der Waals surface area contributed by atoms with E-state index in [2.05, 4.69) is 0 Å². The van der Waals surface area contributed by atoms with E-state index in [1.807, 2.05) is 0 Å². The van der Waals surface area contributed by atoms with Gasteiger partial charge in [0.2, 0.25) is 0 Å². The maximum Gasteiger partial charge on any atom is 0.416 e. The molecule has 4 N–H and O–H groups in total. The Morgan fingerprint density at radius 2 is 0.929 bits per heavy atom. The first kappa shape index (κ1) is 74.7. The molecule has 4 aliphatic rings. The van der Waals surface area contributed by atoms with E-state index in [9.17, 15) is 91.4 Å². The van der Waals surface area contributed by atoms with Crippen molar-refractivity contribution in [3.63, 3.8) is 0 Å². The van der Waals surface area contributed by atoms with Gasteiger partial charge >= 0.3 is 12.4 Å². The van der Waals surface area contributed by atoms with Gasteiger partial charge in [0.25, 0.3) is 40.5 Å². The third-order valence-corrected chi connectivity index (χ3v) is 20.2. The van der Waals surface area contributed by atoms with Crippen LogP contribution in [-0.2, 0) is 77.4 Å². The maximum atomic E-state index is 15.6. The summed E-state index contributed by atoms with van der Waals surface area (Å²) in [5, 5.41) is -0.744. The molecule has 12 rings (SSSR count). The van der Waals surface area contributed by atoms with Crippen molar-refractivity contribution in [1.82, 2.24) is 0 Å². The average Bonchev–Trinajstić information content (AvgIpc) is 0.738. The Bertz CT molecular complexity index is 4910. The van der Waals surface area contributed by atoms with Gasteiger partial charge in [-0.05, 0) is 137 Å². The van der Waals surface area contributed by atoms with E-state index in [4.69, 9.17) is 35.3 Å². The lowest BCUT2D eigenvalue weighted by molar-refractivity contribution is -0.187. The Morgan fingerprint density at radius 1 is 0.500 bits per heavy atom. The quantitative estimate of drug-likeness (QED) is 0.0375. The van der Waals surface area contributed by atoms with Crippen molar-refractivity contribution in [2.75, 3.05) is 7.11 Å². The molecule has 0 aromatic heterocycles. The normalized spacial score (nSPS) is 18.2. The SMILES string of the molecule is CC(OC12CC3CC(CC(C3)C1)C2)c1c(F)c(COc2cccc(C(F)(F)F)c2)c(F)c(S(=O)(=O)O)c1F.COc1cc(S(=O)(=O)O)cc2c(S(=O)(=O)O)c3ccc(C)cc3c(F)c12.O=S(=O)(O)c1c(F)c(COc2cccc(Cl)c2)c(F)c(COc2cccc(C(F)(F)F)c2)c1F. The average molecular weight is 1490 g/mol. The number of alkyl halides is 6. The van der Waals surface area contributed by atoms with Gasteiger partial charge in [0.1, 0.15) is 65.2 Å². The fraction of sp³-hybridized carbons (Fsp3) is 0.302. The van der Waals surface area contributed by atoms with E-state index in [-0.39, 0.29) is 32.7 Å². The zero-order valence-electron chi connectivity index (χ0n) is 50.5.